The fraction of sp³-hybridized carbons (Fsp3) is 0.143. The molecule has 7 heteroatoms. The lowest BCUT2D eigenvalue weighted by atomic mass is 10.2. The molecule has 14 heavy (non-hydrogen) atoms. The van der Waals surface area contributed by atoms with E-state index >= 15 is 0 Å². The number of rotatable bonds is 1. The molecule has 0 saturated carbocycles. The van der Waals surface area contributed by atoms with E-state index < -0.39 is 4.92 Å². The first kappa shape index (κ1) is 11.6. The molecule has 0 spiro atoms. The van der Waals surface area contributed by atoms with Crippen molar-refractivity contribution in [3.8, 4) is 6.07 Å². The second-order valence-electron chi connectivity index (χ2n) is 2.39. The van der Waals surface area contributed by atoms with E-state index in [1.54, 1.807) is 29.5 Å². The van der Waals surface area contributed by atoms with Crippen molar-refractivity contribution in [1.29, 1.82) is 5.26 Å². The van der Waals surface area contributed by atoms with Gasteiger partial charge in [0.05, 0.1) is 4.92 Å². The van der Waals surface area contributed by atoms with Crippen molar-refractivity contribution in [2.24, 2.45) is 0 Å². The van der Waals surface area contributed by atoms with Crippen LogP contribution in [-0.4, -0.2) is 9.91 Å². The Morgan fingerprint density at radius 2 is 2.14 bits per heavy atom. The Morgan fingerprint density at radius 1 is 1.57 bits per heavy atom. The highest BCUT2D eigenvalue weighted by molar-refractivity contribution is 14.1. The average Bonchev–Trinajstić information content (AvgIpc) is 2.02. The Hall–Kier alpha value is -0.500. The largest absolute Gasteiger partial charge is 0.305 e. The van der Waals surface area contributed by atoms with Gasteiger partial charge in [-0.05, 0) is 52.1 Å². The number of nitrogens with zero attached hydrogens (tertiary/aromatic N) is 3. The zero-order valence-corrected chi connectivity index (χ0v) is 11.2. The fourth-order valence-corrected chi connectivity index (χ4v) is 3.16. The summed E-state index contributed by atoms with van der Waals surface area (Å²) in [5, 5.41) is 19.4. The van der Waals surface area contributed by atoms with E-state index in [1.807, 2.05) is 28.7 Å². The van der Waals surface area contributed by atoms with Crippen LogP contribution in [0.3, 0.4) is 0 Å². The van der Waals surface area contributed by atoms with E-state index in [2.05, 4.69) is 4.98 Å². The molecule has 0 aliphatic heterocycles. The van der Waals surface area contributed by atoms with Crippen molar-refractivity contribution in [2.45, 2.75) is 6.92 Å². The van der Waals surface area contributed by atoms with Crippen LogP contribution in [0.15, 0.2) is 0 Å². The number of pyridine rings is 1. The van der Waals surface area contributed by atoms with Crippen molar-refractivity contribution >= 4 is 50.9 Å². The molecule has 0 saturated heterocycles. The van der Waals surface area contributed by atoms with Gasteiger partial charge >= 0.3 is 5.69 Å². The van der Waals surface area contributed by atoms with Gasteiger partial charge in [0.2, 0.25) is 0 Å². The summed E-state index contributed by atoms with van der Waals surface area (Å²) in [4.78, 5) is 14.1. The zero-order valence-electron chi connectivity index (χ0n) is 6.91. The molecule has 0 N–H and O–H groups in total. The summed E-state index contributed by atoms with van der Waals surface area (Å²) in [6, 6.07) is 1.90. The van der Waals surface area contributed by atoms with Crippen molar-refractivity contribution in [1.82, 2.24) is 4.98 Å². The molecule has 5 nitrogen and oxygen atoms in total. The maximum absolute atomic E-state index is 10.7. The van der Waals surface area contributed by atoms with Crippen molar-refractivity contribution < 1.29 is 4.92 Å². The lowest BCUT2D eigenvalue weighted by Crippen LogP contribution is -2.03. The molecule has 0 bridgehead atoms. The number of halogens is 2. The van der Waals surface area contributed by atoms with Crippen LogP contribution in [0.25, 0.3) is 0 Å². The Labute approximate surface area is 107 Å². The number of aromatic nitrogens is 1. The van der Waals surface area contributed by atoms with Crippen LogP contribution in [0, 0.1) is 35.6 Å². The molecule has 0 atom stereocenters. The van der Waals surface area contributed by atoms with Gasteiger partial charge in [-0.3, -0.25) is 10.1 Å². The molecular formula is C7H3I2N3O2. The molecular weight excluding hydrogens is 412 g/mol. The number of aryl methyl sites for hydroxylation is 1. The van der Waals surface area contributed by atoms with Crippen LogP contribution < -0.4 is 0 Å². The fourth-order valence-electron chi connectivity index (χ4n) is 0.931. The normalized spacial score (nSPS) is 9.57. The molecule has 0 aliphatic carbocycles. The minimum absolute atomic E-state index is 0.0810. The van der Waals surface area contributed by atoms with Gasteiger partial charge in [-0.15, -0.1) is 0 Å². The van der Waals surface area contributed by atoms with E-state index in [4.69, 9.17) is 5.26 Å². The second kappa shape index (κ2) is 4.35. The van der Waals surface area contributed by atoms with Gasteiger partial charge in [-0.2, -0.15) is 5.26 Å². The Kier molecular flexibility index (Phi) is 3.59. The quantitative estimate of drug-likeness (QED) is 0.306. The predicted molar refractivity (Wildman–Crippen MR) is 65.8 cm³/mol. The van der Waals surface area contributed by atoms with Gasteiger partial charge in [0.25, 0.3) is 0 Å². The number of hydrogen-bond donors (Lipinski definition) is 0. The van der Waals surface area contributed by atoms with Crippen LogP contribution in [0.2, 0.25) is 0 Å². The molecule has 72 valence electrons. The Morgan fingerprint density at radius 3 is 2.57 bits per heavy atom. The van der Waals surface area contributed by atoms with E-state index in [1.165, 1.54) is 0 Å². The summed E-state index contributed by atoms with van der Waals surface area (Å²) in [7, 11) is 0. The van der Waals surface area contributed by atoms with Crippen molar-refractivity contribution in [3.05, 3.63) is 28.6 Å². The molecule has 1 rings (SSSR count). The maximum Gasteiger partial charge on any atom is 0.305 e. The van der Waals surface area contributed by atoms with Crippen LogP contribution >= 0.6 is 45.2 Å². The van der Waals surface area contributed by atoms with E-state index in [9.17, 15) is 10.1 Å². The highest BCUT2D eigenvalue weighted by Crippen LogP contribution is 2.28. The zero-order chi connectivity index (χ0) is 10.9. The second-order valence-corrected chi connectivity index (χ2v) is 4.50. The number of hydrogen-bond acceptors (Lipinski definition) is 4. The molecule has 1 heterocycles. The first-order valence-corrected chi connectivity index (χ1v) is 5.55. The molecule has 0 aliphatic rings. The van der Waals surface area contributed by atoms with Crippen molar-refractivity contribution in [2.75, 3.05) is 0 Å². The highest BCUT2D eigenvalue weighted by Gasteiger charge is 2.22. The van der Waals surface area contributed by atoms with Crippen molar-refractivity contribution in [3.63, 3.8) is 0 Å². The summed E-state index contributed by atoms with van der Waals surface area (Å²) >= 11 is 3.69. The third kappa shape index (κ3) is 1.95. The summed E-state index contributed by atoms with van der Waals surface area (Å²) < 4.78 is 0.851. The third-order valence-corrected chi connectivity index (χ3v) is 3.37. The van der Waals surface area contributed by atoms with Crippen LogP contribution in [-0.2, 0) is 0 Å². The van der Waals surface area contributed by atoms with Crippen LogP contribution in [0.4, 0.5) is 5.69 Å². The van der Waals surface area contributed by atoms with E-state index in [0.29, 0.717) is 13.0 Å². The van der Waals surface area contributed by atoms with Gasteiger partial charge in [0.15, 0.2) is 0 Å². The molecule has 0 amide bonds. The van der Waals surface area contributed by atoms with E-state index in [-0.39, 0.29) is 11.3 Å². The Bertz CT molecular complexity index is 453. The Balaban J connectivity index is 3.62. The van der Waals surface area contributed by atoms with Gasteiger partial charge in [0.1, 0.15) is 24.6 Å². The molecule has 0 fully saturated rings. The first-order chi connectivity index (χ1) is 6.49. The third-order valence-electron chi connectivity index (χ3n) is 1.54. The summed E-state index contributed by atoms with van der Waals surface area (Å²) in [5.74, 6) is 0. The van der Waals surface area contributed by atoms with Gasteiger partial charge in [0, 0.05) is 0 Å². The maximum atomic E-state index is 10.7. The monoisotopic (exact) mass is 415 g/mol. The van der Waals surface area contributed by atoms with Gasteiger partial charge < -0.3 is 0 Å². The van der Waals surface area contributed by atoms with Gasteiger partial charge in [-0.1, -0.05) is 0 Å². The van der Waals surface area contributed by atoms with Crippen LogP contribution in [0.1, 0.15) is 11.3 Å². The molecule has 1 aromatic rings. The average molecular weight is 415 g/mol. The summed E-state index contributed by atoms with van der Waals surface area (Å²) in [6.45, 7) is 1.56. The minimum atomic E-state index is -0.513. The number of nitro groups is 1. The molecule has 1 aromatic heterocycles. The van der Waals surface area contributed by atoms with Gasteiger partial charge in [-0.25, -0.2) is 4.98 Å². The highest BCUT2D eigenvalue weighted by atomic mass is 127. The van der Waals surface area contributed by atoms with Crippen LogP contribution in [0.5, 0.6) is 0 Å². The number of nitriles is 1. The lowest BCUT2D eigenvalue weighted by molar-refractivity contribution is -0.386. The SMILES string of the molecule is Cc1nc(I)c(C#N)c(I)c1[N+](=O)[O-]. The molecule has 0 radical (unpaired) electrons. The molecule has 0 aromatic carbocycles. The predicted octanol–water partition coefficient (Wildman–Crippen LogP) is 2.38. The standard InChI is InChI=1S/C7H3I2N3O2/c1-3-6(12(13)14)5(8)4(2-10)7(9)11-3/h1H3. The lowest BCUT2D eigenvalue weighted by Gasteiger charge is -2.02. The summed E-state index contributed by atoms with van der Waals surface area (Å²) in [6.07, 6.45) is 0. The smallest absolute Gasteiger partial charge is 0.258 e. The van der Waals surface area contributed by atoms with E-state index in [0.717, 1.165) is 0 Å². The topological polar surface area (TPSA) is 79.8 Å². The minimum Gasteiger partial charge on any atom is -0.258 e. The first-order valence-electron chi connectivity index (χ1n) is 3.39. The molecule has 0 unspecified atom stereocenters. The summed E-state index contributed by atoms with van der Waals surface area (Å²) in [5.41, 5.74) is 0.522.